The molecule has 0 radical (unpaired) electrons. The molecule has 1 fully saturated rings. The molecule has 8 heteroatoms. The molecule has 3 aromatic rings. The largest absolute Gasteiger partial charge is 0.480 e. The van der Waals surface area contributed by atoms with Gasteiger partial charge in [0.1, 0.15) is 11.1 Å². The van der Waals surface area contributed by atoms with Gasteiger partial charge in [0.15, 0.2) is 5.76 Å². The number of aryl methyl sites for hydroxylation is 1. The lowest BCUT2D eigenvalue weighted by atomic mass is 9.78. The molecular formula is C24H25N3O5. The number of likely N-dealkylation sites (tertiary alicyclic amines) is 1. The Bertz CT molecular complexity index is 1110. The van der Waals surface area contributed by atoms with Gasteiger partial charge in [0.05, 0.1) is 0 Å². The SMILES string of the molecule is Cc1ccc(-c2nc(C3(C(=O)O)CCN(C(=O)N(C)O)CC3)oc2-c2ccccc2)cc1. The second-order valence-electron chi connectivity index (χ2n) is 8.11. The molecule has 2 amide bonds. The Labute approximate surface area is 185 Å². The quantitative estimate of drug-likeness (QED) is 0.470. The Balaban J connectivity index is 1.78. The lowest BCUT2D eigenvalue weighted by molar-refractivity contribution is -0.147. The first-order valence-electron chi connectivity index (χ1n) is 10.4. The van der Waals surface area contributed by atoms with E-state index >= 15 is 0 Å². The van der Waals surface area contributed by atoms with Crippen molar-refractivity contribution in [2.24, 2.45) is 0 Å². The number of aliphatic carboxylic acids is 1. The van der Waals surface area contributed by atoms with Crippen molar-refractivity contribution < 1.29 is 24.3 Å². The van der Waals surface area contributed by atoms with Crippen LogP contribution in [-0.4, -0.2) is 57.4 Å². The zero-order valence-corrected chi connectivity index (χ0v) is 18.0. The molecule has 2 heterocycles. The molecule has 0 aliphatic carbocycles. The molecule has 1 saturated heterocycles. The van der Waals surface area contributed by atoms with Crippen molar-refractivity contribution in [3.05, 3.63) is 66.1 Å². The van der Waals surface area contributed by atoms with Crippen LogP contribution >= 0.6 is 0 Å². The van der Waals surface area contributed by atoms with Crippen LogP contribution in [0.5, 0.6) is 0 Å². The van der Waals surface area contributed by atoms with Gasteiger partial charge in [-0.05, 0) is 19.8 Å². The van der Waals surface area contributed by atoms with E-state index in [0.717, 1.165) is 16.7 Å². The van der Waals surface area contributed by atoms with E-state index in [2.05, 4.69) is 0 Å². The fourth-order valence-corrected chi connectivity index (χ4v) is 4.02. The maximum absolute atomic E-state index is 12.5. The predicted octanol–water partition coefficient (Wildman–Crippen LogP) is 4.18. The molecule has 1 aliphatic heterocycles. The van der Waals surface area contributed by atoms with Crippen molar-refractivity contribution in [3.63, 3.8) is 0 Å². The van der Waals surface area contributed by atoms with Crippen LogP contribution in [0.1, 0.15) is 24.3 Å². The monoisotopic (exact) mass is 435 g/mol. The van der Waals surface area contributed by atoms with Gasteiger partial charge in [-0.15, -0.1) is 0 Å². The van der Waals surface area contributed by atoms with E-state index in [1.54, 1.807) is 0 Å². The summed E-state index contributed by atoms with van der Waals surface area (Å²) in [5.41, 5.74) is 1.96. The van der Waals surface area contributed by atoms with Crippen LogP contribution in [0.2, 0.25) is 0 Å². The number of hydrogen-bond acceptors (Lipinski definition) is 5. The van der Waals surface area contributed by atoms with Crippen molar-refractivity contribution in [3.8, 4) is 22.6 Å². The van der Waals surface area contributed by atoms with Crippen molar-refractivity contribution in [2.45, 2.75) is 25.2 Å². The number of carbonyl (C=O) groups is 2. The molecule has 0 spiro atoms. The lowest BCUT2D eigenvalue weighted by Crippen LogP contribution is -2.51. The van der Waals surface area contributed by atoms with E-state index in [9.17, 15) is 19.9 Å². The zero-order chi connectivity index (χ0) is 22.9. The number of carbonyl (C=O) groups excluding carboxylic acids is 1. The average Bonchev–Trinajstić information content (AvgIpc) is 3.25. The standard InChI is InChI=1S/C24H25N3O5/c1-16-8-10-17(11-9-16)19-20(18-6-4-3-5-7-18)32-21(25-19)24(22(28)29)12-14-27(15-13-24)23(30)26(2)31/h3-11,31H,12-15H2,1-2H3,(H,28,29). The van der Waals surface area contributed by atoms with Crippen molar-refractivity contribution in [1.29, 1.82) is 0 Å². The topological polar surface area (TPSA) is 107 Å². The molecule has 0 bridgehead atoms. The van der Waals surface area contributed by atoms with Crippen molar-refractivity contribution >= 4 is 12.0 Å². The highest BCUT2D eigenvalue weighted by atomic mass is 16.5. The minimum Gasteiger partial charge on any atom is -0.480 e. The minimum atomic E-state index is -1.36. The Morgan fingerprint density at radius 2 is 1.66 bits per heavy atom. The summed E-state index contributed by atoms with van der Waals surface area (Å²) >= 11 is 0. The number of aromatic nitrogens is 1. The van der Waals surface area contributed by atoms with E-state index in [0.29, 0.717) is 16.5 Å². The van der Waals surface area contributed by atoms with Crippen LogP contribution in [-0.2, 0) is 10.2 Å². The summed E-state index contributed by atoms with van der Waals surface area (Å²) in [7, 11) is 1.25. The van der Waals surface area contributed by atoms with Crippen LogP contribution in [0, 0.1) is 6.92 Å². The highest BCUT2D eigenvalue weighted by Crippen LogP contribution is 2.41. The number of amides is 2. The first-order valence-corrected chi connectivity index (χ1v) is 10.4. The summed E-state index contributed by atoms with van der Waals surface area (Å²) < 4.78 is 6.18. The van der Waals surface area contributed by atoms with Gasteiger partial charge in [-0.3, -0.25) is 10.0 Å². The van der Waals surface area contributed by atoms with E-state index < -0.39 is 17.4 Å². The number of hydrogen-bond donors (Lipinski definition) is 2. The molecule has 4 rings (SSSR count). The van der Waals surface area contributed by atoms with Crippen LogP contribution in [0.15, 0.2) is 59.0 Å². The Kier molecular flexibility index (Phi) is 5.71. The van der Waals surface area contributed by atoms with Gasteiger partial charge in [0.25, 0.3) is 0 Å². The van der Waals surface area contributed by atoms with E-state index in [-0.39, 0.29) is 31.8 Å². The molecule has 166 valence electrons. The third kappa shape index (κ3) is 3.85. The number of carboxylic acids is 1. The smallest absolute Gasteiger partial charge is 0.343 e. The summed E-state index contributed by atoms with van der Waals surface area (Å²) in [6, 6.07) is 16.7. The summed E-state index contributed by atoms with van der Waals surface area (Å²) in [4.78, 5) is 30.7. The van der Waals surface area contributed by atoms with Crippen molar-refractivity contribution in [1.82, 2.24) is 14.9 Å². The van der Waals surface area contributed by atoms with Crippen LogP contribution in [0.25, 0.3) is 22.6 Å². The first-order chi connectivity index (χ1) is 15.3. The highest BCUT2D eigenvalue weighted by Gasteiger charge is 2.49. The number of urea groups is 1. The molecule has 0 atom stereocenters. The molecule has 0 unspecified atom stereocenters. The van der Waals surface area contributed by atoms with Gasteiger partial charge in [0.2, 0.25) is 5.89 Å². The fraction of sp³-hybridized carbons (Fsp3) is 0.292. The summed E-state index contributed by atoms with van der Waals surface area (Å²) in [5, 5.41) is 20.1. The molecule has 8 nitrogen and oxygen atoms in total. The number of nitrogens with zero attached hydrogens (tertiary/aromatic N) is 3. The van der Waals surface area contributed by atoms with Crippen LogP contribution in [0.3, 0.4) is 0 Å². The van der Waals surface area contributed by atoms with E-state index in [1.807, 2.05) is 61.5 Å². The molecule has 2 aromatic carbocycles. The molecule has 32 heavy (non-hydrogen) atoms. The Morgan fingerprint density at radius 3 is 2.22 bits per heavy atom. The third-order valence-electron chi connectivity index (χ3n) is 5.97. The predicted molar refractivity (Wildman–Crippen MR) is 117 cm³/mol. The minimum absolute atomic E-state index is 0.129. The second kappa shape index (κ2) is 8.47. The lowest BCUT2D eigenvalue weighted by Gasteiger charge is -2.37. The zero-order valence-electron chi connectivity index (χ0n) is 18.0. The number of hydroxylamine groups is 2. The number of piperidine rings is 1. The maximum atomic E-state index is 12.5. The van der Waals surface area contributed by atoms with Gasteiger partial charge >= 0.3 is 12.0 Å². The van der Waals surface area contributed by atoms with Gasteiger partial charge in [-0.2, -0.15) is 0 Å². The number of rotatable bonds is 4. The number of benzene rings is 2. The third-order valence-corrected chi connectivity index (χ3v) is 5.97. The van der Waals surface area contributed by atoms with Gasteiger partial charge in [-0.1, -0.05) is 60.2 Å². The van der Waals surface area contributed by atoms with Crippen molar-refractivity contribution in [2.75, 3.05) is 20.1 Å². The maximum Gasteiger partial charge on any atom is 0.343 e. The molecule has 1 aliphatic rings. The van der Waals surface area contributed by atoms with Gasteiger partial charge < -0.3 is 14.4 Å². The van der Waals surface area contributed by atoms with Crippen LogP contribution in [0.4, 0.5) is 4.79 Å². The summed E-state index contributed by atoms with van der Waals surface area (Å²) in [5.74, 6) is -0.402. The fourth-order valence-electron chi connectivity index (χ4n) is 4.02. The number of oxazole rings is 1. The second-order valence-corrected chi connectivity index (χ2v) is 8.11. The average molecular weight is 435 g/mol. The first kappa shape index (κ1) is 21.6. The normalized spacial score (nSPS) is 15.4. The molecular weight excluding hydrogens is 410 g/mol. The highest BCUT2D eigenvalue weighted by molar-refractivity contribution is 5.83. The van der Waals surface area contributed by atoms with Gasteiger partial charge in [0, 0.05) is 31.3 Å². The Hall–Kier alpha value is -3.65. The number of carboxylic acid groups (broad SMARTS) is 1. The molecule has 0 saturated carbocycles. The molecule has 1 aromatic heterocycles. The molecule has 2 N–H and O–H groups in total. The Morgan fingerprint density at radius 1 is 1.03 bits per heavy atom. The van der Waals surface area contributed by atoms with Gasteiger partial charge in [-0.25, -0.2) is 14.8 Å². The van der Waals surface area contributed by atoms with E-state index in [1.165, 1.54) is 11.9 Å². The van der Waals surface area contributed by atoms with Crippen LogP contribution < -0.4 is 0 Å². The van der Waals surface area contributed by atoms with E-state index in [4.69, 9.17) is 9.40 Å². The summed E-state index contributed by atoms with van der Waals surface area (Å²) in [6.45, 7) is 2.33. The summed E-state index contributed by atoms with van der Waals surface area (Å²) in [6.07, 6.45) is 0.258.